The van der Waals surface area contributed by atoms with Crippen LogP contribution in [0.25, 0.3) is 0 Å². The van der Waals surface area contributed by atoms with Crippen molar-refractivity contribution in [2.45, 2.75) is 11.8 Å². The lowest BCUT2D eigenvalue weighted by Gasteiger charge is -2.12. The van der Waals surface area contributed by atoms with Crippen LogP contribution in [-0.4, -0.2) is 13.2 Å². The van der Waals surface area contributed by atoms with Gasteiger partial charge in [0.25, 0.3) is 0 Å². The molecule has 94 valence electrons. The molecule has 0 spiro atoms. The van der Waals surface area contributed by atoms with Crippen LogP contribution >= 0.6 is 11.6 Å². The summed E-state index contributed by atoms with van der Waals surface area (Å²) in [4.78, 5) is 0. The summed E-state index contributed by atoms with van der Waals surface area (Å²) in [5.74, 6) is 1.55. The van der Waals surface area contributed by atoms with Crippen LogP contribution in [0.5, 0.6) is 11.5 Å². The van der Waals surface area contributed by atoms with Gasteiger partial charge in [-0.25, -0.2) is 0 Å². The standard InChI is InChI=1S/C14H13ClO3/c15-14(11-4-7-16-9-11)10-2-3-12-13(8-10)18-6-1-5-17-12/h2-4,7-9,14H,1,5-6H2. The number of fused-ring (bicyclic) bond motifs is 1. The Morgan fingerprint density at radius 1 is 1.00 bits per heavy atom. The molecule has 1 aliphatic heterocycles. The maximum absolute atomic E-state index is 6.40. The SMILES string of the molecule is ClC(c1ccoc1)c1ccc2c(c1)OCCCO2. The Hall–Kier alpha value is -1.61. The molecule has 3 rings (SSSR count). The number of alkyl halides is 1. The maximum atomic E-state index is 6.40. The van der Waals surface area contributed by atoms with Crippen LogP contribution in [-0.2, 0) is 0 Å². The molecule has 0 N–H and O–H groups in total. The van der Waals surface area contributed by atoms with E-state index in [4.69, 9.17) is 25.5 Å². The molecular weight excluding hydrogens is 252 g/mol. The Bertz CT molecular complexity index is 522. The van der Waals surface area contributed by atoms with Gasteiger partial charge in [0.1, 0.15) is 0 Å². The number of furan rings is 1. The Morgan fingerprint density at radius 3 is 2.61 bits per heavy atom. The van der Waals surface area contributed by atoms with Crippen molar-refractivity contribution >= 4 is 11.6 Å². The second-order valence-corrected chi connectivity index (χ2v) is 4.61. The van der Waals surface area contributed by atoms with E-state index in [0.717, 1.165) is 29.0 Å². The molecule has 1 aromatic heterocycles. The first-order valence-electron chi connectivity index (χ1n) is 5.90. The summed E-state index contributed by atoms with van der Waals surface area (Å²) in [6, 6.07) is 7.66. The molecular formula is C14H13ClO3. The third-order valence-electron chi connectivity index (χ3n) is 2.90. The average molecular weight is 265 g/mol. The van der Waals surface area contributed by atoms with Gasteiger partial charge in [-0.1, -0.05) is 6.07 Å². The number of hydrogen-bond acceptors (Lipinski definition) is 3. The molecule has 0 saturated carbocycles. The third kappa shape index (κ3) is 2.18. The zero-order chi connectivity index (χ0) is 12.4. The van der Waals surface area contributed by atoms with Crippen LogP contribution in [0.4, 0.5) is 0 Å². The highest BCUT2D eigenvalue weighted by Gasteiger charge is 2.16. The van der Waals surface area contributed by atoms with Gasteiger partial charge >= 0.3 is 0 Å². The largest absolute Gasteiger partial charge is 0.490 e. The van der Waals surface area contributed by atoms with Crippen molar-refractivity contribution < 1.29 is 13.9 Å². The van der Waals surface area contributed by atoms with E-state index < -0.39 is 0 Å². The first kappa shape index (κ1) is 11.5. The first-order chi connectivity index (χ1) is 8.84. The monoisotopic (exact) mass is 264 g/mol. The van der Waals surface area contributed by atoms with Crippen molar-refractivity contribution in [2.24, 2.45) is 0 Å². The summed E-state index contributed by atoms with van der Waals surface area (Å²) in [5.41, 5.74) is 1.91. The van der Waals surface area contributed by atoms with E-state index in [2.05, 4.69) is 0 Å². The van der Waals surface area contributed by atoms with Gasteiger partial charge in [-0.15, -0.1) is 11.6 Å². The van der Waals surface area contributed by atoms with Crippen LogP contribution in [0.15, 0.2) is 41.2 Å². The molecule has 0 aliphatic carbocycles. The van der Waals surface area contributed by atoms with Crippen molar-refractivity contribution in [2.75, 3.05) is 13.2 Å². The highest BCUT2D eigenvalue weighted by molar-refractivity contribution is 6.22. The van der Waals surface area contributed by atoms with Crippen LogP contribution in [0.2, 0.25) is 0 Å². The van der Waals surface area contributed by atoms with E-state index in [9.17, 15) is 0 Å². The second kappa shape index (κ2) is 4.94. The number of rotatable bonds is 2. The second-order valence-electron chi connectivity index (χ2n) is 4.18. The minimum atomic E-state index is -0.235. The summed E-state index contributed by atoms with van der Waals surface area (Å²) < 4.78 is 16.3. The molecule has 0 saturated heterocycles. The van der Waals surface area contributed by atoms with E-state index in [0.29, 0.717) is 13.2 Å². The fourth-order valence-corrected chi connectivity index (χ4v) is 2.21. The lowest BCUT2D eigenvalue weighted by atomic mass is 10.1. The third-order valence-corrected chi connectivity index (χ3v) is 3.40. The summed E-state index contributed by atoms with van der Waals surface area (Å²) in [6.45, 7) is 1.37. The lowest BCUT2D eigenvalue weighted by molar-refractivity contribution is 0.297. The molecule has 1 aromatic carbocycles. The summed E-state index contributed by atoms with van der Waals surface area (Å²) in [6.07, 6.45) is 4.17. The maximum Gasteiger partial charge on any atom is 0.161 e. The number of benzene rings is 1. The number of ether oxygens (including phenoxy) is 2. The van der Waals surface area contributed by atoms with Gasteiger partial charge in [-0.2, -0.15) is 0 Å². The average Bonchev–Trinajstić information content (AvgIpc) is 2.83. The highest BCUT2D eigenvalue weighted by atomic mass is 35.5. The zero-order valence-electron chi connectivity index (χ0n) is 9.77. The molecule has 18 heavy (non-hydrogen) atoms. The fourth-order valence-electron chi connectivity index (χ4n) is 1.95. The molecule has 3 nitrogen and oxygen atoms in total. The van der Waals surface area contributed by atoms with Crippen molar-refractivity contribution in [3.63, 3.8) is 0 Å². The Kier molecular flexibility index (Phi) is 3.15. The molecule has 1 unspecified atom stereocenters. The van der Waals surface area contributed by atoms with Crippen molar-refractivity contribution in [1.29, 1.82) is 0 Å². The van der Waals surface area contributed by atoms with Crippen LogP contribution in [0.3, 0.4) is 0 Å². The van der Waals surface area contributed by atoms with Gasteiger partial charge in [0.05, 0.1) is 31.1 Å². The molecule has 1 atom stereocenters. The van der Waals surface area contributed by atoms with Crippen molar-refractivity contribution in [1.82, 2.24) is 0 Å². The van der Waals surface area contributed by atoms with E-state index in [-0.39, 0.29) is 5.38 Å². The topological polar surface area (TPSA) is 31.6 Å². The summed E-state index contributed by atoms with van der Waals surface area (Å²) in [7, 11) is 0. The minimum Gasteiger partial charge on any atom is -0.490 e. The predicted molar refractivity (Wildman–Crippen MR) is 68.5 cm³/mol. The molecule has 4 heteroatoms. The van der Waals surface area contributed by atoms with E-state index >= 15 is 0 Å². The first-order valence-corrected chi connectivity index (χ1v) is 6.34. The molecule has 2 heterocycles. The summed E-state index contributed by atoms with van der Waals surface area (Å²) >= 11 is 6.40. The number of hydrogen-bond donors (Lipinski definition) is 0. The lowest BCUT2D eigenvalue weighted by Crippen LogP contribution is -1.97. The molecule has 0 radical (unpaired) electrons. The van der Waals surface area contributed by atoms with E-state index in [1.807, 2.05) is 24.3 Å². The minimum absolute atomic E-state index is 0.235. The van der Waals surface area contributed by atoms with Gasteiger partial charge in [0.15, 0.2) is 11.5 Å². The number of halogens is 1. The molecule has 0 bridgehead atoms. The van der Waals surface area contributed by atoms with Crippen LogP contribution in [0, 0.1) is 0 Å². The van der Waals surface area contributed by atoms with Crippen molar-refractivity contribution in [3.8, 4) is 11.5 Å². The van der Waals surface area contributed by atoms with E-state index in [1.165, 1.54) is 0 Å². The smallest absolute Gasteiger partial charge is 0.161 e. The van der Waals surface area contributed by atoms with Crippen molar-refractivity contribution in [3.05, 3.63) is 47.9 Å². The predicted octanol–water partition coefficient (Wildman–Crippen LogP) is 3.77. The normalized spacial score (nSPS) is 16.1. The van der Waals surface area contributed by atoms with Gasteiger partial charge in [-0.05, 0) is 23.8 Å². The van der Waals surface area contributed by atoms with Gasteiger partial charge in [-0.3, -0.25) is 0 Å². The molecule has 1 aliphatic rings. The zero-order valence-corrected chi connectivity index (χ0v) is 10.5. The Morgan fingerprint density at radius 2 is 1.83 bits per heavy atom. The highest BCUT2D eigenvalue weighted by Crippen LogP contribution is 2.36. The summed E-state index contributed by atoms with van der Waals surface area (Å²) in [5, 5.41) is -0.235. The van der Waals surface area contributed by atoms with Crippen LogP contribution in [0.1, 0.15) is 22.9 Å². The van der Waals surface area contributed by atoms with Gasteiger partial charge in [0, 0.05) is 12.0 Å². The Labute approximate surface area is 110 Å². The van der Waals surface area contributed by atoms with Gasteiger partial charge < -0.3 is 13.9 Å². The molecule has 0 amide bonds. The molecule has 2 aromatic rings. The molecule has 0 fully saturated rings. The quantitative estimate of drug-likeness (QED) is 0.774. The van der Waals surface area contributed by atoms with Gasteiger partial charge in [0.2, 0.25) is 0 Å². The fraction of sp³-hybridized carbons (Fsp3) is 0.286. The van der Waals surface area contributed by atoms with Crippen LogP contribution < -0.4 is 9.47 Å². The van der Waals surface area contributed by atoms with E-state index in [1.54, 1.807) is 12.5 Å². The Balaban J connectivity index is 1.92.